The highest BCUT2D eigenvalue weighted by atomic mass is 16.5. The van der Waals surface area contributed by atoms with Gasteiger partial charge in [-0.15, -0.1) is 6.58 Å². The fraction of sp³-hybridized carbons (Fsp3) is 0.250. The number of hydrogen-bond acceptors (Lipinski definition) is 5. The number of nitrogens with zero attached hydrogens (tertiary/aromatic N) is 2. The van der Waals surface area contributed by atoms with Crippen molar-refractivity contribution in [3.63, 3.8) is 0 Å². The van der Waals surface area contributed by atoms with Crippen LogP contribution in [0, 0.1) is 0 Å². The Morgan fingerprint density at radius 2 is 1.67 bits per heavy atom. The summed E-state index contributed by atoms with van der Waals surface area (Å²) >= 11 is 0. The van der Waals surface area contributed by atoms with Gasteiger partial charge in [-0.25, -0.2) is 0 Å². The first-order chi connectivity index (χ1) is 14.6. The van der Waals surface area contributed by atoms with Gasteiger partial charge in [0.15, 0.2) is 0 Å². The second kappa shape index (κ2) is 8.45. The van der Waals surface area contributed by atoms with Crippen molar-refractivity contribution in [2.45, 2.75) is 12.8 Å². The molecule has 6 nitrogen and oxygen atoms in total. The maximum atomic E-state index is 13.0. The van der Waals surface area contributed by atoms with E-state index in [2.05, 4.69) is 16.8 Å². The molecule has 0 aliphatic carbocycles. The number of hydrogen-bond donors (Lipinski definition) is 1. The van der Waals surface area contributed by atoms with Crippen molar-refractivity contribution in [2.24, 2.45) is 0 Å². The van der Waals surface area contributed by atoms with Crippen molar-refractivity contribution in [1.29, 1.82) is 0 Å². The Labute approximate surface area is 176 Å². The maximum Gasteiger partial charge on any atom is 0.278 e. The number of imide groups is 1. The third kappa shape index (κ3) is 3.68. The normalized spacial score (nSPS) is 16.4. The first kappa shape index (κ1) is 19.8. The van der Waals surface area contributed by atoms with Crippen molar-refractivity contribution < 1.29 is 14.3 Å². The van der Waals surface area contributed by atoms with Gasteiger partial charge in [0, 0.05) is 31.0 Å². The molecule has 0 atom stereocenters. The van der Waals surface area contributed by atoms with E-state index in [1.807, 2.05) is 24.3 Å². The third-order valence-electron chi connectivity index (χ3n) is 5.47. The lowest BCUT2D eigenvalue weighted by atomic mass is 10.0. The molecule has 0 radical (unpaired) electrons. The van der Waals surface area contributed by atoms with Crippen LogP contribution in [0.2, 0.25) is 0 Å². The molecule has 2 aromatic rings. The number of amides is 2. The number of methoxy groups -OCH3 is 1. The van der Waals surface area contributed by atoms with Gasteiger partial charge in [-0.05, 0) is 54.8 Å². The van der Waals surface area contributed by atoms with E-state index in [-0.39, 0.29) is 24.1 Å². The Morgan fingerprint density at radius 3 is 2.27 bits per heavy atom. The van der Waals surface area contributed by atoms with Gasteiger partial charge < -0.3 is 15.0 Å². The molecule has 2 aliphatic rings. The minimum Gasteiger partial charge on any atom is -0.497 e. The molecule has 0 saturated carbocycles. The van der Waals surface area contributed by atoms with Gasteiger partial charge in [0.25, 0.3) is 11.8 Å². The first-order valence-electron chi connectivity index (χ1n) is 10.1. The zero-order valence-corrected chi connectivity index (χ0v) is 17.1. The van der Waals surface area contributed by atoms with Gasteiger partial charge >= 0.3 is 0 Å². The molecule has 4 rings (SSSR count). The number of ether oxygens (including phenoxy) is 1. The molecule has 2 amide bonds. The zero-order valence-electron chi connectivity index (χ0n) is 17.1. The molecule has 0 unspecified atom stereocenters. The highest BCUT2D eigenvalue weighted by Crippen LogP contribution is 2.32. The number of anilines is 2. The summed E-state index contributed by atoms with van der Waals surface area (Å²) in [5.74, 6) is 0.00155. The molecule has 30 heavy (non-hydrogen) atoms. The molecule has 2 heterocycles. The quantitative estimate of drug-likeness (QED) is 0.565. The zero-order chi connectivity index (χ0) is 21.1. The van der Waals surface area contributed by atoms with E-state index in [0.717, 1.165) is 18.8 Å². The van der Waals surface area contributed by atoms with E-state index in [1.165, 1.54) is 23.4 Å². The van der Waals surface area contributed by atoms with Crippen LogP contribution in [0.3, 0.4) is 0 Å². The van der Waals surface area contributed by atoms with Crippen LogP contribution in [0.25, 0.3) is 5.57 Å². The van der Waals surface area contributed by atoms with E-state index >= 15 is 0 Å². The highest BCUT2D eigenvalue weighted by molar-refractivity contribution is 6.36. The van der Waals surface area contributed by atoms with E-state index in [4.69, 9.17) is 4.74 Å². The summed E-state index contributed by atoms with van der Waals surface area (Å²) in [7, 11) is 1.59. The lowest BCUT2D eigenvalue weighted by Gasteiger charge is -2.18. The maximum absolute atomic E-state index is 13.0. The highest BCUT2D eigenvalue weighted by Gasteiger charge is 2.38. The topological polar surface area (TPSA) is 61.9 Å². The molecule has 6 heteroatoms. The van der Waals surface area contributed by atoms with Gasteiger partial charge in [0.2, 0.25) is 0 Å². The fourth-order valence-electron chi connectivity index (χ4n) is 3.89. The molecule has 2 aromatic carbocycles. The minimum atomic E-state index is -0.352. The summed E-state index contributed by atoms with van der Waals surface area (Å²) in [5.41, 5.74) is 3.23. The standard InChI is InChI=1S/C24H25N3O3/c1-3-14-27-23(28)21(17-6-12-20(30-2)13-7-17)22(24(27)29)25-18-8-10-19(11-9-18)26-15-4-5-16-26/h3,6-13,25H,1,4-5,14-16H2,2H3. The molecule has 154 valence electrons. The molecule has 0 bridgehead atoms. The van der Waals surface area contributed by atoms with Crippen molar-refractivity contribution in [3.8, 4) is 5.75 Å². The van der Waals surface area contributed by atoms with Crippen LogP contribution in [0.5, 0.6) is 5.75 Å². The minimum absolute atomic E-state index is 0.163. The van der Waals surface area contributed by atoms with Crippen LogP contribution < -0.4 is 15.0 Å². The molecule has 0 spiro atoms. The lowest BCUT2D eigenvalue weighted by Crippen LogP contribution is -2.32. The molecular weight excluding hydrogens is 378 g/mol. The van der Waals surface area contributed by atoms with Crippen molar-refractivity contribution in [1.82, 2.24) is 4.90 Å². The molecule has 0 aromatic heterocycles. The second-order valence-electron chi connectivity index (χ2n) is 7.35. The van der Waals surface area contributed by atoms with Crippen LogP contribution >= 0.6 is 0 Å². The smallest absolute Gasteiger partial charge is 0.278 e. The Balaban J connectivity index is 1.66. The number of rotatable bonds is 7. The average Bonchev–Trinajstić information content (AvgIpc) is 3.39. The van der Waals surface area contributed by atoms with E-state index in [1.54, 1.807) is 37.5 Å². The van der Waals surface area contributed by atoms with Gasteiger partial charge in [0.05, 0.1) is 12.7 Å². The van der Waals surface area contributed by atoms with Crippen molar-refractivity contribution >= 4 is 28.8 Å². The van der Waals surface area contributed by atoms with Crippen LogP contribution in [-0.2, 0) is 9.59 Å². The van der Waals surface area contributed by atoms with Gasteiger partial charge in [-0.2, -0.15) is 0 Å². The summed E-state index contributed by atoms with van der Waals surface area (Å²) in [6.45, 7) is 5.97. The summed E-state index contributed by atoms with van der Waals surface area (Å²) in [5, 5.41) is 3.19. The van der Waals surface area contributed by atoms with Crippen molar-refractivity contribution in [2.75, 3.05) is 37.0 Å². The number of benzene rings is 2. The van der Waals surface area contributed by atoms with Crippen LogP contribution in [-0.4, -0.2) is 43.5 Å². The van der Waals surface area contributed by atoms with Gasteiger partial charge in [-0.1, -0.05) is 18.2 Å². The predicted molar refractivity (Wildman–Crippen MR) is 118 cm³/mol. The largest absolute Gasteiger partial charge is 0.497 e. The Morgan fingerprint density at radius 1 is 1.00 bits per heavy atom. The first-order valence-corrected chi connectivity index (χ1v) is 10.1. The predicted octanol–water partition coefficient (Wildman–Crippen LogP) is 3.67. The fourth-order valence-corrected chi connectivity index (χ4v) is 3.89. The van der Waals surface area contributed by atoms with Crippen LogP contribution in [0.1, 0.15) is 18.4 Å². The average molecular weight is 403 g/mol. The summed E-state index contributed by atoms with van der Waals surface area (Å²) in [6.07, 6.45) is 3.98. The van der Waals surface area contributed by atoms with E-state index in [0.29, 0.717) is 16.9 Å². The SMILES string of the molecule is C=CCN1C(=O)C(Nc2ccc(N3CCCC3)cc2)=C(c2ccc(OC)cc2)C1=O. The number of carbonyl (C=O) groups excluding carboxylic acids is 2. The Hall–Kier alpha value is -3.54. The monoisotopic (exact) mass is 403 g/mol. The van der Waals surface area contributed by atoms with Crippen LogP contribution in [0.15, 0.2) is 66.9 Å². The summed E-state index contributed by atoms with van der Waals surface area (Å²) < 4.78 is 5.20. The Kier molecular flexibility index (Phi) is 5.57. The Bertz CT molecular complexity index is 987. The molecule has 1 fully saturated rings. The van der Waals surface area contributed by atoms with Crippen LogP contribution in [0.4, 0.5) is 11.4 Å². The van der Waals surface area contributed by atoms with E-state index < -0.39 is 0 Å². The third-order valence-corrected chi connectivity index (χ3v) is 5.47. The number of nitrogens with one attached hydrogen (secondary N) is 1. The molecule has 1 saturated heterocycles. The van der Waals surface area contributed by atoms with Gasteiger partial charge in [0.1, 0.15) is 11.4 Å². The molecular formula is C24H25N3O3. The van der Waals surface area contributed by atoms with Gasteiger partial charge in [-0.3, -0.25) is 14.5 Å². The van der Waals surface area contributed by atoms with E-state index in [9.17, 15) is 9.59 Å². The van der Waals surface area contributed by atoms with Crippen molar-refractivity contribution in [3.05, 3.63) is 72.4 Å². The molecule has 2 aliphatic heterocycles. The summed E-state index contributed by atoms with van der Waals surface area (Å²) in [6, 6.07) is 15.1. The molecule has 1 N–H and O–H groups in total. The lowest BCUT2D eigenvalue weighted by molar-refractivity contribution is -0.136. The summed E-state index contributed by atoms with van der Waals surface area (Å²) in [4.78, 5) is 29.6. The second-order valence-corrected chi connectivity index (χ2v) is 7.35. The number of carbonyl (C=O) groups is 2.